The standard InChI is InChI=1S/C20H19BrFNO/c1-3-4-7-13(2)19-15-8-5-6-9-16(15)20(24)23(19)18-11-10-14(21)12-17(18)22/h5-6,8-12H,3-4,7H2,1-2H3/b19-13-. The highest BCUT2D eigenvalue weighted by Gasteiger charge is 2.35. The maximum Gasteiger partial charge on any atom is 0.263 e. The Morgan fingerprint density at radius 2 is 1.88 bits per heavy atom. The molecule has 0 N–H and O–H groups in total. The van der Waals surface area contributed by atoms with Crippen LogP contribution in [0.5, 0.6) is 0 Å². The fourth-order valence-corrected chi connectivity index (χ4v) is 3.43. The van der Waals surface area contributed by atoms with E-state index in [1.54, 1.807) is 12.1 Å². The number of hydrogen-bond donors (Lipinski definition) is 0. The number of unbranched alkanes of at least 4 members (excludes halogenated alkanes) is 1. The molecule has 0 aromatic heterocycles. The van der Waals surface area contributed by atoms with Gasteiger partial charge in [0.05, 0.1) is 11.4 Å². The molecule has 1 heterocycles. The van der Waals surface area contributed by atoms with Crippen molar-refractivity contribution in [1.82, 2.24) is 0 Å². The maximum absolute atomic E-state index is 14.5. The Kier molecular flexibility index (Phi) is 4.86. The molecule has 0 atom stereocenters. The third kappa shape index (κ3) is 2.91. The Morgan fingerprint density at radius 1 is 1.17 bits per heavy atom. The molecule has 1 aliphatic heterocycles. The lowest BCUT2D eigenvalue weighted by atomic mass is 10.0. The van der Waals surface area contributed by atoms with Crippen molar-refractivity contribution in [3.63, 3.8) is 0 Å². The van der Waals surface area contributed by atoms with Gasteiger partial charge in [0.25, 0.3) is 5.91 Å². The minimum atomic E-state index is -0.411. The average Bonchev–Trinajstić information content (AvgIpc) is 2.86. The smallest absolute Gasteiger partial charge is 0.263 e. The lowest BCUT2D eigenvalue weighted by molar-refractivity contribution is 0.100. The number of halogens is 2. The SMILES string of the molecule is CCCC/C(C)=C1/c2ccccc2C(=O)N1c1ccc(Br)cc1F. The van der Waals surface area contributed by atoms with Crippen LogP contribution in [0.3, 0.4) is 0 Å². The lowest BCUT2D eigenvalue weighted by Gasteiger charge is -2.22. The molecule has 124 valence electrons. The normalized spacial score (nSPS) is 15.7. The first-order chi connectivity index (χ1) is 11.5. The van der Waals surface area contributed by atoms with Crippen LogP contribution < -0.4 is 4.90 Å². The molecular weight excluding hydrogens is 369 g/mol. The first-order valence-electron chi connectivity index (χ1n) is 8.13. The number of fused-ring (bicyclic) bond motifs is 1. The van der Waals surface area contributed by atoms with Crippen LogP contribution in [0.25, 0.3) is 5.70 Å². The number of nitrogens with zero attached hydrogens (tertiary/aromatic N) is 1. The van der Waals surface area contributed by atoms with Gasteiger partial charge in [-0.1, -0.05) is 47.5 Å². The zero-order valence-electron chi connectivity index (χ0n) is 13.8. The Balaban J connectivity index is 2.18. The highest BCUT2D eigenvalue weighted by molar-refractivity contribution is 9.10. The van der Waals surface area contributed by atoms with Gasteiger partial charge in [-0.3, -0.25) is 9.69 Å². The molecule has 0 bridgehead atoms. The molecule has 2 aromatic rings. The van der Waals surface area contributed by atoms with Gasteiger partial charge in [0, 0.05) is 15.6 Å². The van der Waals surface area contributed by atoms with E-state index in [1.807, 2.05) is 31.2 Å². The first-order valence-corrected chi connectivity index (χ1v) is 8.92. The van der Waals surface area contributed by atoms with Gasteiger partial charge in [-0.25, -0.2) is 4.39 Å². The van der Waals surface area contributed by atoms with Gasteiger partial charge in [0.1, 0.15) is 5.82 Å². The molecule has 0 saturated carbocycles. The largest absolute Gasteiger partial charge is 0.273 e. The zero-order valence-corrected chi connectivity index (χ0v) is 15.4. The molecule has 0 unspecified atom stereocenters. The monoisotopic (exact) mass is 387 g/mol. The summed E-state index contributed by atoms with van der Waals surface area (Å²) in [6, 6.07) is 12.3. The third-order valence-electron chi connectivity index (χ3n) is 4.30. The summed E-state index contributed by atoms with van der Waals surface area (Å²) >= 11 is 3.27. The van der Waals surface area contributed by atoms with E-state index in [0.29, 0.717) is 15.7 Å². The van der Waals surface area contributed by atoms with Crippen LogP contribution in [0, 0.1) is 5.82 Å². The van der Waals surface area contributed by atoms with Crippen molar-refractivity contribution >= 4 is 33.2 Å². The summed E-state index contributed by atoms with van der Waals surface area (Å²) in [5, 5.41) is 0. The van der Waals surface area contributed by atoms with Crippen molar-refractivity contribution in [2.75, 3.05) is 4.90 Å². The highest BCUT2D eigenvalue weighted by atomic mass is 79.9. The quantitative estimate of drug-likeness (QED) is 0.613. The molecule has 0 radical (unpaired) electrons. The molecule has 0 spiro atoms. The average molecular weight is 388 g/mol. The van der Waals surface area contributed by atoms with Crippen molar-refractivity contribution in [3.05, 3.63) is 69.5 Å². The van der Waals surface area contributed by atoms with Crippen molar-refractivity contribution in [3.8, 4) is 0 Å². The second-order valence-corrected chi connectivity index (χ2v) is 6.93. The van der Waals surface area contributed by atoms with E-state index in [4.69, 9.17) is 0 Å². The second kappa shape index (κ2) is 6.89. The van der Waals surface area contributed by atoms with Crippen LogP contribution in [-0.2, 0) is 0 Å². The number of rotatable bonds is 4. The highest BCUT2D eigenvalue weighted by Crippen LogP contribution is 2.40. The van der Waals surface area contributed by atoms with Crippen LogP contribution >= 0.6 is 15.9 Å². The van der Waals surface area contributed by atoms with Gasteiger partial charge in [-0.15, -0.1) is 0 Å². The number of benzene rings is 2. The van der Waals surface area contributed by atoms with E-state index in [2.05, 4.69) is 22.9 Å². The number of allylic oxidation sites excluding steroid dienone is 1. The van der Waals surface area contributed by atoms with Crippen LogP contribution in [0.2, 0.25) is 0 Å². The van der Waals surface area contributed by atoms with Crippen LogP contribution in [0.4, 0.5) is 10.1 Å². The summed E-state index contributed by atoms with van der Waals surface area (Å²) in [4.78, 5) is 14.5. The Labute approximate surface area is 150 Å². The van der Waals surface area contributed by atoms with Crippen LogP contribution in [0.1, 0.15) is 49.0 Å². The van der Waals surface area contributed by atoms with Crippen molar-refractivity contribution < 1.29 is 9.18 Å². The van der Waals surface area contributed by atoms with E-state index < -0.39 is 5.82 Å². The van der Waals surface area contributed by atoms with Crippen LogP contribution in [0.15, 0.2) is 52.5 Å². The minimum Gasteiger partial charge on any atom is -0.273 e. The van der Waals surface area contributed by atoms with Gasteiger partial charge in [0.15, 0.2) is 0 Å². The fraction of sp³-hybridized carbons (Fsp3) is 0.250. The van der Waals surface area contributed by atoms with Gasteiger partial charge in [-0.2, -0.15) is 0 Å². The molecule has 0 aliphatic carbocycles. The number of carbonyl (C=O) groups is 1. The Hall–Kier alpha value is -1.94. The summed E-state index contributed by atoms with van der Waals surface area (Å²) < 4.78 is 15.2. The third-order valence-corrected chi connectivity index (χ3v) is 4.79. The molecule has 24 heavy (non-hydrogen) atoms. The summed E-state index contributed by atoms with van der Waals surface area (Å²) in [6.07, 6.45) is 3.01. The topological polar surface area (TPSA) is 20.3 Å². The van der Waals surface area contributed by atoms with E-state index >= 15 is 0 Å². The number of amides is 1. The summed E-state index contributed by atoms with van der Waals surface area (Å²) in [6.45, 7) is 4.17. The van der Waals surface area contributed by atoms with Gasteiger partial charge in [0.2, 0.25) is 0 Å². The minimum absolute atomic E-state index is 0.169. The van der Waals surface area contributed by atoms with Crippen LogP contribution in [-0.4, -0.2) is 5.91 Å². The molecule has 1 amide bonds. The maximum atomic E-state index is 14.5. The lowest BCUT2D eigenvalue weighted by Crippen LogP contribution is -2.24. The Bertz CT molecular complexity index is 828. The van der Waals surface area contributed by atoms with E-state index in [0.717, 1.165) is 36.1 Å². The van der Waals surface area contributed by atoms with Crippen molar-refractivity contribution in [1.29, 1.82) is 0 Å². The molecule has 3 rings (SSSR count). The number of carbonyl (C=O) groups excluding carboxylic acids is 1. The van der Waals surface area contributed by atoms with E-state index in [9.17, 15) is 9.18 Å². The molecule has 0 saturated heterocycles. The van der Waals surface area contributed by atoms with E-state index in [1.165, 1.54) is 11.0 Å². The predicted molar refractivity (Wildman–Crippen MR) is 99.5 cm³/mol. The zero-order chi connectivity index (χ0) is 17.3. The summed E-state index contributed by atoms with van der Waals surface area (Å²) in [7, 11) is 0. The van der Waals surface area contributed by atoms with Gasteiger partial charge in [-0.05, 0) is 49.6 Å². The summed E-state index contributed by atoms with van der Waals surface area (Å²) in [5.74, 6) is -0.580. The fourth-order valence-electron chi connectivity index (χ4n) is 3.09. The molecule has 4 heteroatoms. The van der Waals surface area contributed by atoms with Gasteiger partial charge >= 0.3 is 0 Å². The first kappa shape index (κ1) is 16.9. The number of anilines is 1. The van der Waals surface area contributed by atoms with E-state index in [-0.39, 0.29) is 5.91 Å². The van der Waals surface area contributed by atoms with Crippen molar-refractivity contribution in [2.45, 2.75) is 33.1 Å². The van der Waals surface area contributed by atoms with Gasteiger partial charge < -0.3 is 0 Å². The predicted octanol–water partition coefficient (Wildman–Crippen LogP) is 6.17. The molecule has 1 aliphatic rings. The Morgan fingerprint density at radius 3 is 2.54 bits per heavy atom. The molecule has 0 fully saturated rings. The molecular formula is C20H19BrFNO. The molecule has 2 nitrogen and oxygen atoms in total. The summed E-state index contributed by atoms with van der Waals surface area (Å²) in [5.41, 5.74) is 3.75. The number of hydrogen-bond acceptors (Lipinski definition) is 1. The van der Waals surface area contributed by atoms with Crippen molar-refractivity contribution in [2.24, 2.45) is 0 Å². The second-order valence-electron chi connectivity index (χ2n) is 6.01. The molecule has 2 aromatic carbocycles.